The number of benzene rings is 3. The molecule has 1 saturated heterocycles. The van der Waals surface area contributed by atoms with Crippen molar-refractivity contribution >= 4 is 21.6 Å². The van der Waals surface area contributed by atoms with E-state index < -0.39 is 16.1 Å². The van der Waals surface area contributed by atoms with Gasteiger partial charge < -0.3 is 10.1 Å². The maximum atomic E-state index is 13.5. The summed E-state index contributed by atoms with van der Waals surface area (Å²) in [7, 11) is -3.87. The molecule has 2 aliphatic heterocycles. The van der Waals surface area contributed by atoms with Crippen molar-refractivity contribution in [2.24, 2.45) is 0 Å². The Bertz CT molecular complexity index is 1340. The number of likely N-dealkylation sites (tertiary alicyclic amines) is 1. The first-order chi connectivity index (χ1) is 17.9. The minimum atomic E-state index is -3.87. The average Bonchev–Trinajstić information content (AvgIpc) is 2.93. The second-order valence-electron chi connectivity index (χ2n) is 9.80. The molecule has 8 heteroatoms. The minimum Gasteiger partial charge on any atom is -0.476 e. The normalized spacial score (nSPS) is 18.1. The molecule has 7 nitrogen and oxygen atoms in total. The number of nitrogens with zero attached hydrogens (tertiary/aromatic N) is 2. The third-order valence-electron chi connectivity index (χ3n) is 6.95. The summed E-state index contributed by atoms with van der Waals surface area (Å²) < 4.78 is 34.3. The van der Waals surface area contributed by atoms with Crippen LogP contribution in [0.2, 0.25) is 0 Å². The van der Waals surface area contributed by atoms with Gasteiger partial charge in [-0.2, -0.15) is 0 Å². The highest BCUT2D eigenvalue weighted by molar-refractivity contribution is 7.92. The summed E-state index contributed by atoms with van der Waals surface area (Å²) in [6, 6.07) is 21.9. The Morgan fingerprint density at radius 3 is 2.38 bits per heavy atom. The molecule has 2 heterocycles. The molecule has 3 aromatic carbocycles. The number of nitrogens with one attached hydrogen (secondary N) is 1. The van der Waals surface area contributed by atoms with E-state index >= 15 is 0 Å². The summed E-state index contributed by atoms with van der Waals surface area (Å²) in [5, 5.41) is 2.93. The van der Waals surface area contributed by atoms with Gasteiger partial charge in [0.05, 0.1) is 17.1 Å². The Morgan fingerprint density at radius 1 is 0.946 bits per heavy atom. The van der Waals surface area contributed by atoms with Crippen molar-refractivity contribution < 1.29 is 17.9 Å². The van der Waals surface area contributed by atoms with Gasteiger partial charge in [0.1, 0.15) is 5.75 Å². The first-order valence-electron chi connectivity index (χ1n) is 12.8. The summed E-state index contributed by atoms with van der Waals surface area (Å²) in [6.07, 6.45) is 2.89. The van der Waals surface area contributed by atoms with Crippen molar-refractivity contribution in [2.45, 2.75) is 50.3 Å². The molecule has 1 atom stereocenters. The van der Waals surface area contributed by atoms with Crippen LogP contribution in [0.4, 0.5) is 5.69 Å². The van der Waals surface area contributed by atoms with Gasteiger partial charge in [0.15, 0.2) is 6.10 Å². The van der Waals surface area contributed by atoms with E-state index in [0.717, 1.165) is 30.8 Å². The molecule has 1 amide bonds. The van der Waals surface area contributed by atoms with E-state index in [-0.39, 0.29) is 17.3 Å². The minimum absolute atomic E-state index is 0.103. The first-order valence-corrected chi connectivity index (χ1v) is 14.3. The standard InChI is InChI=1S/C29H33N3O4S/c1-22-10-15-27-26(18-22)32(37(34,35)25-8-4-2-5-9-25)21-28(36-27)29(33)30-19-23-11-13-24(14-12-23)20-31-16-6-3-7-17-31/h2,4-5,8-15,18,28H,3,6-7,16-17,19-21H2,1H3,(H,30,33). The Hall–Kier alpha value is -3.36. The maximum Gasteiger partial charge on any atom is 0.264 e. The number of ether oxygens (including phenoxy) is 1. The second kappa shape index (κ2) is 10.9. The number of amides is 1. The van der Waals surface area contributed by atoms with E-state index in [1.54, 1.807) is 42.5 Å². The monoisotopic (exact) mass is 519 g/mol. The van der Waals surface area contributed by atoms with Crippen LogP contribution in [0.3, 0.4) is 0 Å². The molecule has 0 saturated carbocycles. The van der Waals surface area contributed by atoms with Gasteiger partial charge >= 0.3 is 0 Å². The van der Waals surface area contributed by atoms with E-state index in [1.165, 1.54) is 29.1 Å². The number of aryl methyl sites for hydroxylation is 1. The Labute approximate surface area is 219 Å². The molecule has 2 aliphatic rings. The summed E-state index contributed by atoms with van der Waals surface area (Å²) in [6.45, 7) is 5.39. The van der Waals surface area contributed by atoms with Gasteiger partial charge in [-0.3, -0.25) is 14.0 Å². The maximum absolute atomic E-state index is 13.5. The van der Waals surface area contributed by atoms with Crippen molar-refractivity contribution in [3.8, 4) is 5.75 Å². The molecule has 3 aromatic rings. The van der Waals surface area contributed by atoms with Crippen LogP contribution >= 0.6 is 0 Å². The molecule has 0 aromatic heterocycles. The highest BCUT2D eigenvalue weighted by atomic mass is 32.2. The molecule has 1 fully saturated rings. The molecule has 194 valence electrons. The van der Waals surface area contributed by atoms with Crippen LogP contribution in [0.15, 0.2) is 77.7 Å². The highest BCUT2D eigenvalue weighted by Crippen LogP contribution is 2.37. The number of carbonyl (C=O) groups is 1. The lowest BCUT2D eigenvalue weighted by atomic mass is 10.1. The summed E-state index contributed by atoms with van der Waals surface area (Å²) in [4.78, 5) is 15.8. The van der Waals surface area contributed by atoms with E-state index in [4.69, 9.17) is 4.74 Å². The molecular formula is C29H33N3O4S. The van der Waals surface area contributed by atoms with E-state index in [9.17, 15) is 13.2 Å². The molecule has 5 rings (SSSR count). The lowest BCUT2D eigenvalue weighted by Crippen LogP contribution is -2.50. The van der Waals surface area contributed by atoms with Crippen LogP contribution in [0.1, 0.15) is 36.0 Å². The van der Waals surface area contributed by atoms with Crippen LogP contribution in [0, 0.1) is 6.92 Å². The van der Waals surface area contributed by atoms with Crippen LogP contribution < -0.4 is 14.4 Å². The zero-order valence-corrected chi connectivity index (χ0v) is 21.9. The van der Waals surface area contributed by atoms with E-state index in [1.807, 2.05) is 25.1 Å². The zero-order chi connectivity index (χ0) is 25.8. The molecule has 1 N–H and O–H groups in total. The lowest BCUT2D eigenvalue weighted by Gasteiger charge is -2.35. The SMILES string of the molecule is Cc1ccc2c(c1)N(S(=O)(=O)c1ccccc1)CC(C(=O)NCc1ccc(CN3CCCCC3)cc1)O2. The Morgan fingerprint density at radius 2 is 1.65 bits per heavy atom. The average molecular weight is 520 g/mol. The third kappa shape index (κ3) is 5.81. The van der Waals surface area contributed by atoms with Crippen molar-refractivity contribution in [1.29, 1.82) is 0 Å². The van der Waals surface area contributed by atoms with Crippen molar-refractivity contribution in [3.63, 3.8) is 0 Å². The Kier molecular flexibility index (Phi) is 7.48. The van der Waals surface area contributed by atoms with Crippen LogP contribution in [-0.4, -0.2) is 45.0 Å². The Balaban J connectivity index is 1.27. The summed E-state index contributed by atoms with van der Waals surface area (Å²) in [5.74, 6) is 0.0236. The fourth-order valence-electron chi connectivity index (χ4n) is 4.89. The van der Waals surface area contributed by atoms with E-state index in [2.05, 4.69) is 22.3 Å². The van der Waals surface area contributed by atoms with Crippen LogP contribution in [0.5, 0.6) is 5.75 Å². The predicted octanol–water partition coefficient (Wildman–Crippen LogP) is 4.25. The zero-order valence-electron chi connectivity index (χ0n) is 21.1. The largest absolute Gasteiger partial charge is 0.476 e. The molecule has 1 unspecified atom stereocenters. The van der Waals surface area contributed by atoms with Gasteiger partial charge in [0.25, 0.3) is 15.9 Å². The predicted molar refractivity (Wildman–Crippen MR) is 144 cm³/mol. The van der Waals surface area contributed by atoms with Crippen LogP contribution in [0.25, 0.3) is 0 Å². The number of sulfonamides is 1. The van der Waals surface area contributed by atoms with Crippen LogP contribution in [-0.2, 0) is 27.9 Å². The van der Waals surface area contributed by atoms with Crippen molar-refractivity contribution in [3.05, 3.63) is 89.5 Å². The number of fused-ring (bicyclic) bond motifs is 1. The number of rotatable bonds is 7. The number of piperidine rings is 1. The quantitative estimate of drug-likeness (QED) is 0.505. The molecule has 0 spiro atoms. The van der Waals surface area contributed by atoms with Gasteiger partial charge in [-0.25, -0.2) is 8.42 Å². The van der Waals surface area contributed by atoms with Crippen molar-refractivity contribution in [2.75, 3.05) is 23.9 Å². The van der Waals surface area contributed by atoms with Gasteiger partial charge in [-0.15, -0.1) is 0 Å². The van der Waals surface area contributed by atoms with E-state index in [0.29, 0.717) is 18.0 Å². The highest BCUT2D eigenvalue weighted by Gasteiger charge is 2.37. The fraction of sp³-hybridized carbons (Fsp3) is 0.345. The fourth-order valence-corrected chi connectivity index (χ4v) is 6.38. The number of anilines is 1. The number of hydrogen-bond acceptors (Lipinski definition) is 5. The molecule has 0 radical (unpaired) electrons. The van der Waals surface area contributed by atoms with Crippen molar-refractivity contribution in [1.82, 2.24) is 10.2 Å². The van der Waals surface area contributed by atoms with Gasteiger partial charge in [0.2, 0.25) is 0 Å². The molecule has 37 heavy (non-hydrogen) atoms. The summed E-state index contributed by atoms with van der Waals surface area (Å²) in [5.41, 5.74) is 3.59. The summed E-state index contributed by atoms with van der Waals surface area (Å²) >= 11 is 0. The second-order valence-corrected chi connectivity index (χ2v) is 11.7. The molecule has 0 bridgehead atoms. The van der Waals surface area contributed by atoms with Gasteiger partial charge in [-0.05, 0) is 73.8 Å². The topological polar surface area (TPSA) is 79.0 Å². The molecule has 0 aliphatic carbocycles. The first kappa shape index (κ1) is 25.3. The third-order valence-corrected chi connectivity index (χ3v) is 8.75. The smallest absolute Gasteiger partial charge is 0.264 e. The number of carbonyl (C=O) groups excluding carboxylic acids is 1. The molecular weight excluding hydrogens is 486 g/mol. The van der Waals surface area contributed by atoms with Gasteiger partial charge in [-0.1, -0.05) is 55.0 Å². The van der Waals surface area contributed by atoms with Gasteiger partial charge in [0, 0.05) is 13.1 Å². The number of hydrogen-bond donors (Lipinski definition) is 1. The lowest BCUT2D eigenvalue weighted by molar-refractivity contribution is -0.127.